The van der Waals surface area contributed by atoms with Crippen LogP contribution in [-0.4, -0.2) is 41.0 Å². The van der Waals surface area contributed by atoms with Gasteiger partial charge in [0.2, 0.25) is 0 Å². The average molecular weight is 349 g/mol. The van der Waals surface area contributed by atoms with Gasteiger partial charge in [-0.25, -0.2) is 4.98 Å². The Morgan fingerprint density at radius 1 is 1.14 bits per heavy atom. The second kappa shape index (κ2) is 6.41. The van der Waals surface area contributed by atoms with Crippen LogP contribution < -0.4 is 10.5 Å². The fourth-order valence-corrected chi connectivity index (χ4v) is 3.02. The number of anilines is 1. The Balaban J connectivity index is 1.63. The van der Waals surface area contributed by atoms with Gasteiger partial charge in [0.1, 0.15) is 10.3 Å². The van der Waals surface area contributed by atoms with E-state index in [0.29, 0.717) is 4.47 Å². The van der Waals surface area contributed by atoms with Gasteiger partial charge in [-0.05, 0) is 21.5 Å². The second-order valence-corrected chi connectivity index (χ2v) is 5.91. The molecule has 0 amide bonds. The number of aromatic nitrogens is 2. The molecular weight excluding hydrogens is 332 g/mol. The Morgan fingerprint density at radius 2 is 1.86 bits per heavy atom. The lowest BCUT2D eigenvalue weighted by Crippen LogP contribution is -2.46. The van der Waals surface area contributed by atoms with E-state index >= 15 is 0 Å². The minimum atomic E-state index is -0.133. The average Bonchev–Trinajstić information content (AvgIpc) is 2.52. The largest absolute Gasteiger partial charge is 0.353 e. The number of halogens is 1. The van der Waals surface area contributed by atoms with E-state index in [2.05, 4.69) is 60.0 Å². The summed E-state index contributed by atoms with van der Waals surface area (Å²) in [6, 6.07) is 10.5. The van der Waals surface area contributed by atoms with E-state index in [1.54, 1.807) is 0 Å². The van der Waals surface area contributed by atoms with E-state index in [1.165, 1.54) is 11.9 Å². The minimum Gasteiger partial charge on any atom is -0.353 e. The molecule has 1 aliphatic heterocycles. The van der Waals surface area contributed by atoms with Gasteiger partial charge in [-0.2, -0.15) is 0 Å². The normalized spacial score (nSPS) is 16.1. The molecule has 6 heteroatoms. The number of benzene rings is 1. The molecule has 0 aliphatic carbocycles. The number of hydrogen-bond donors (Lipinski definition) is 1. The molecule has 0 unspecified atom stereocenters. The summed E-state index contributed by atoms with van der Waals surface area (Å²) in [6.07, 6.45) is 1.46. The van der Waals surface area contributed by atoms with Gasteiger partial charge in [-0.3, -0.25) is 9.69 Å². The molecule has 21 heavy (non-hydrogen) atoms. The van der Waals surface area contributed by atoms with Crippen LogP contribution in [0.25, 0.3) is 0 Å². The van der Waals surface area contributed by atoms with Crippen LogP contribution in [0.1, 0.15) is 5.56 Å². The Bertz CT molecular complexity index is 650. The number of rotatable bonds is 3. The van der Waals surface area contributed by atoms with Crippen molar-refractivity contribution in [1.82, 2.24) is 14.9 Å². The van der Waals surface area contributed by atoms with Crippen molar-refractivity contribution in [1.29, 1.82) is 0 Å². The predicted octanol–water partition coefficient (Wildman–Crippen LogP) is 1.85. The fourth-order valence-electron chi connectivity index (χ4n) is 2.55. The van der Waals surface area contributed by atoms with Gasteiger partial charge >= 0.3 is 0 Å². The maximum Gasteiger partial charge on any atom is 0.267 e. The van der Waals surface area contributed by atoms with Crippen LogP contribution in [0.2, 0.25) is 0 Å². The maximum atomic E-state index is 11.6. The van der Waals surface area contributed by atoms with Crippen LogP contribution in [0.5, 0.6) is 0 Å². The summed E-state index contributed by atoms with van der Waals surface area (Å²) in [5, 5.41) is 0. The first-order valence-electron chi connectivity index (χ1n) is 6.98. The van der Waals surface area contributed by atoms with Crippen LogP contribution in [0.4, 0.5) is 5.82 Å². The molecule has 1 aliphatic rings. The Labute approximate surface area is 131 Å². The van der Waals surface area contributed by atoms with Gasteiger partial charge in [0.25, 0.3) is 5.56 Å². The van der Waals surface area contributed by atoms with Crippen LogP contribution in [0.3, 0.4) is 0 Å². The van der Waals surface area contributed by atoms with E-state index in [1.807, 2.05) is 6.07 Å². The molecule has 1 aromatic heterocycles. The Kier molecular flexibility index (Phi) is 4.36. The van der Waals surface area contributed by atoms with Crippen LogP contribution in [-0.2, 0) is 6.54 Å². The summed E-state index contributed by atoms with van der Waals surface area (Å²) in [6.45, 7) is 4.66. The van der Waals surface area contributed by atoms with Crippen molar-refractivity contribution < 1.29 is 0 Å². The number of H-pyrrole nitrogens is 1. The zero-order valence-corrected chi connectivity index (χ0v) is 13.2. The van der Waals surface area contributed by atoms with Gasteiger partial charge in [0, 0.05) is 32.7 Å². The third-order valence-corrected chi connectivity index (χ3v) is 4.41. The summed E-state index contributed by atoms with van der Waals surface area (Å²) in [5.74, 6) is 0.734. The predicted molar refractivity (Wildman–Crippen MR) is 86.5 cm³/mol. The van der Waals surface area contributed by atoms with Gasteiger partial charge in [-0.15, -0.1) is 0 Å². The maximum absolute atomic E-state index is 11.6. The number of aromatic amines is 1. The quantitative estimate of drug-likeness (QED) is 0.919. The molecule has 2 heterocycles. The topological polar surface area (TPSA) is 52.2 Å². The van der Waals surface area contributed by atoms with Crippen molar-refractivity contribution in [3.8, 4) is 0 Å². The Morgan fingerprint density at radius 3 is 2.57 bits per heavy atom. The molecule has 0 radical (unpaired) electrons. The second-order valence-electron chi connectivity index (χ2n) is 5.12. The van der Waals surface area contributed by atoms with E-state index in [4.69, 9.17) is 0 Å². The molecule has 0 saturated carbocycles. The molecule has 0 atom stereocenters. The number of piperazine rings is 1. The zero-order valence-electron chi connectivity index (χ0n) is 11.6. The summed E-state index contributed by atoms with van der Waals surface area (Å²) in [7, 11) is 0. The number of hydrogen-bond acceptors (Lipinski definition) is 4. The molecule has 1 saturated heterocycles. The van der Waals surface area contributed by atoms with Crippen molar-refractivity contribution in [2.45, 2.75) is 6.54 Å². The molecular formula is C15H17BrN4O. The highest BCUT2D eigenvalue weighted by molar-refractivity contribution is 9.10. The highest BCUT2D eigenvalue weighted by Gasteiger charge is 2.20. The summed E-state index contributed by atoms with van der Waals surface area (Å²) >= 11 is 3.32. The molecule has 1 N–H and O–H groups in total. The Hall–Kier alpha value is -1.66. The van der Waals surface area contributed by atoms with Crippen molar-refractivity contribution >= 4 is 21.7 Å². The molecule has 5 nitrogen and oxygen atoms in total. The van der Waals surface area contributed by atoms with Crippen molar-refractivity contribution in [3.05, 3.63) is 57.0 Å². The zero-order chi connectivity index (χ0) is 14.7. The first kappa shape index (κ1) is 14.3. The number of nitrogens with zero attached hydrogens (tertiary/aromatic N) is 3. The fraction of sp³-hybridized carbons (Fsp3) is 0.333. The van der Waals surface area contributed by atoms with Crippen molar-refractivity contribution in [2.75, 3.05) is 31.1 Å². The van der Waals surface area contributed by atoms with Crippen molar-refractivity contribution in [2.24, 2.45) is 0 Å². The van der Waals surface area contributed by atoms with Gasteiger partial charge in [0.15, 0.2) is 0 Å². The SMILES string of the molecule is O=c1[nH]cnc(N2CCN(Cc3ccccc3)CC2)c1Br. The highest BCUT2D eigenvalue weighted by Crippen LogP contribution is 2.20. The smallest absolute Gasteiger partial charge is 0.267 e. The van der Waals surface area contributed by atoms with E-state index in [-0.39, 0.29) is 5.56 Å². The molecule has 0 bridgehead atoms. The summed E-state index contributed by atoms with van der Waals surface area (Å²) in [5.41, 5.74) is 1.20. The van der Waals surface area contributed by atoms with E-state index < -0.39 is 0 Å². The van der Waals surface area contributed by atoms with E-state index in [0.717, 1.165) is 38.5 Å². The lowest BCUT2D eigenvalue weighted by Gasteiger charge is -2.35. The standard InChI is InChI=1S/C15H17BrN4O/c16-13-14(17-11-18-15(13)21)20-8-6-19(7-9-20)10-12-4-2-1-3-5-12/h1-5,11H,6-10H2,(H,17,18,21). The third-order valence-electron chi connectivity index (χ3n) is 3.70. The highest BCUT2D eigenvalue weighted by atomic mass is 79.9. The van der Waals surface area contributed by atoms with Crippen LogP contribution in [0.15, 0.2) is 45.9 Å². The molecule has 110 valence electrons. The first-order valence-corrected chi connectivity index (χ1v) is 7.78. The van der Waals surface area contributed by atoms with Gasteiger partial charge in [0.05, 0.1) is 6.33 Å². The summed E-state index contributed by atoms with van der Waals surface area (Å²) < 4.78 is 0.515. The monoisotopic (exact) mass is 348 g/mol. The molecule has 0 spiro atoms. The molecule has 2 aromatic rings. The third kappa shape index (κ3) is 3.33. The van der Waals surface area contributed by atoms with Gasteiger partial charge in [-0.1, -0.05) is 30.3 Å². The van der Waals surface area contributed by atoms with Crippen LogP contribution in [0, 0.1) is 0 Å². The summed E-state index contributed by atoms with van der Waals surface area (Å²) in [4.78, 5) is 23.0. The molecule has 3 rings (SSSR count). The number of nitrogens with one attached hydrogen (secondary N) is 1. The molecule has 1 aromatic carbocycles. The minimum absolute atomic E-state index is 0.133. The first-order chi connectivity index (χ1) is 10.2. The molecule has 1 fully saturated rings. The lowest BCUT2D eigenvalue weighted by molar-refractivity contribution is 0.249. The lowest BCUT2D eigenvalue weighted by atomic mass is 10.2. The van der Waals surface area contributed by atoms with Gasteiger partial charge < -0.3 is 9.88 Å². The van der Waals surface area contributed by atoms with Crippen molar-refractivity contribution in [3.63, 3.8) is 0 Å². The van der Waals surface area contributed by atoms with Crippen LogP contribution >= 0.6 is 15.9 Å². The van der Waals surface area contributed by atoms with E-state index in [9.17, 15) is 4.79 Å².